The fourth-order valence-electron chi connectivity index (χ4n) is 2.83. The summed E-state index contributed by atoms with van der Waals surface area (Å²) < 4.78 is 32.2. The first kappa shape index (κ1) is 17.9. The van der Waals surface area contributed by atoms with E-state index < -0.39 is 22.0 Å². The van der Waals surface area contributed by atoms with Gasteiger partial charge in [0, 0.05) is 6.54 Å². The molecule has 0 aliphatic carbocycles. The SMILES string of the molecule is CCOC(=O)C1CCCCN1S(=O)(=O)c1ccc(C(C)C)cc1. The van der Waals surface area contributed by atoms with Crippen LogP contribution in [0.15, 0.2) is 29.2 Å². The van der Waals surface area contributed by atoms with Gasteiger partial charge >= 0.3 is 5.97 Å². The largest absolute Gasteiger partial charge is 0.465 e. The van der Waals surface area contributed by atoms with Gasteiger partial charge in [0.05, 0.1) is 11.5 Å². The van der Waals surface area contributed by atoms with Crippen molar-refractivity contribution in [3.8, 4) is 0 Å². The number of hydrogen-bond donors (Lipinski definition) is 0. The number of sulfonamides is 1. The van der Waals surface area contributed by atoms with E-state index >= 15 is 0 Å². The van der Waals surface area contributed by atoms with Gasteiger partial charge in [-0.05, 0) is 49.8 Å². The smallest absolute Gasteiger partial charge is 0.324 e. The van der Waals surface area contributed by atoms with Crippen molar-refractivity contribution in [3.63, 3.8) is 0 Å². The molecule has 0 radical (unpaired) electrons. The molecular formula is C17H25NO4S. The van der Waals surface area contributed by atoms with Gasteiger partial charge in [0.2, 0.25) is 10.0 Å². The summed E-state index contributed by atoms with van der Waals surface area (Å²) in [6.07, 6.45) is 2.11. The third kappa shape index (κ3) is 3.93. The molecule has 1 aromatic carbocycles. The van der Waals surface area contributed by atoms with Crippen LogP contribution in [0.3, 0.4) is 0 Å². The van der Waals surface area contributed by atoms with E-state index in [4.69, 9.17) is 4.74 Å². The summed E-state index contributed by atoms with van der Waals surface area (Å²) in [7, 11) is -3.68. The van der Waals surface area contributed by atoms with Gasteiger partial charge in [0.15, 0.2) is 0 Å². The van der Waals surface area contributed by atoms with Crippen LogP contribution in [-0.2, 0) is 19.6 Å². The third-order valence-electron chi connectivity index (χ3n) is 4.17. The van der Waals surface area contributed by atoms with Gasteiger partial charge in [-0.2, -0.15) is 4.31 Å². The molecule has 0 saturated carbocycles. The molecule has 1 atom stereocenters. The monoisotopic (exact) mass is 339 g/mol. The lowest BCUT2D eigenvalue weighted by Gasteiger charge is -2.33. The molecule has 2 rings (SSSR count). The number of esters is 1. The van der Waals surface area contributed by atoms with Gasteiger partial charge in [0.1, 0.15) is 6.04 Å². The Hall–Kier alpha value is -1.40. The standard InChI is InChI=1S/C17H25NO4S/c1-4-22-17(19)16-7-5-6-12-18(16)23(20,21)15-10-8-14(9-11-15)13(2)3/h8-11,13,16H,4-7,12H2,1-3H3. The van der Waals surface area contributed by atoms with E-state index in [2.05, 4.69) is 13.8 Å². The van der Waals surface area contributed by atoms with Crippen LogP contribution in [-0.4, -0.2) is 37.9 Å². The van der Waals surface area contributed by atoms with Crippen molar-refractivity contribution in [1.82, 2.24) is 4.31 Å². The Bertz CT molecular complexity index is 637. The number of piperidine rings is 1. The molecule has 0 aromatic heterocycles. The quantitative estimate of drug-likeness (QED) is 0.774. The first-order valence-corrected chi connectivity index (χ1v) is 9.60. The maximum Gasteiger partial charge on any atom is 0.324 e. The van der Waals surface area contributed by atoms with Crippen LogP contribution in [0.5, 0.6) is 0 Å². The van der Waals surface area contributed by atoms with Crippen LogP contribution < -0.4 is 0 Å². The van der Waals surface area contributed by atoms with Gasteiger partial charge in [0.25, 0.3) is 0 Å². The van der Waals surface area contributed by atoms with E-state index in [9.17, 15) is 13.2 Å². The third-order valence-corrected chi connectivity index (χ3v) is 6.09. The lowest BCUT2D eigenvalue weighted by atomic mass is 10.0. The average Bonchev–Trinajstić information content (AvgIpc) is 2.55. The van der Waals surface area contributed by atoms with Crippen LogP contribution in [0.4, 0.5) is 0 Å². The molecule has 128 valence electrons. The fraction of sp³-hybridized carbons (Fsp3) is 0.588. The number of benzene rings is 1. The predicted octanol–water partition coefficient (Wildman–Crippen LogP) is 2.92. The summed E-state index contributed by atoms with van der Waals surface area (Å²) in [5.74, 6) is -0.108. The van der Waals surface area contributed by atoms with Gasteiger partial charge in [-0.15, -0.1) is 0 Å². The van der Waals surface area contributed by atoms with Crippen molar-refractivity contribution in [1.29, 1.82) is 0 Å². The molecular weight excluding hydrogens is 314 g/mol. The van der Waals surface area contributed by atoms with E-state index in [0.717, 1.165) is 18.4 Å². The highest BCUT2D eigenvalue weighted by atomic mass is 32.2. The van der Waals surface area contributed by atoms with Crippen molar-refractivity contribution >= 4 is 16.0 Å². The Balaban J connectivity index is 2.30. The Labute approximate surface area is 138 Å². The predicted molar refractivity (Wildman–Crippen MR) is 88.7 cm³/mol. The van der Waals surface area contributed by atoms with E-state index in [0.29, 0.717) is 18.9 Å². The van der Waals surface area contributed by atoms with Crippen LogP contribution in [0, 0.1) is 0 Å². The Morgan fingerprint density at radius 3 is 2.48 bits per heavy atom. The molecule has 1 aliphatic rings. The second-order valence-electron chi connectivity index (χ2n) is 6.10. The number of rotatable bonds is 5. The number of hydrogen-bond acceptors (Lipinski definition) is 4. The molecule has 5 nitrogen and oxygen atoms in total. The number of carbonyl (C=O) groups excluding carboxylic acids is 1. The molecule has 0 bridgehead atoms. The highest BCUT2D eigenvalue weighted by molar-refractivity contribution is 7.89. The minimum absolute atomic E-state index is 0.234. The summed E-state index contributed by atoms with van der Waals surface area (Å²) in [4.78, 5) is 12.3. The van der Waals surface area contributed by atoms with Crippen molar-refractivity contribution in [2.75, 3.05) is 13.2 Å². The van der Waals surface area contributed by atoms with Gasteiger partial charge < -0.3 is 4.74 Å². The number of carbonyl (C=O) groups is 1. The Morgan fingerprint density at radius 2 is 1.91 bits per heavy atom. The second kappa shape index (κ2) is 7.45. The van der Waals surface area contributed by atoms with Crippen molar-refractivity contribution in [2.45, 2.75) is 56.9 Å². The summed E-state index contributed by atoms with van der Waals surface area (Å²) >= 11 is 0. The first-order valence-electron chi connectivity index (χ1n) is 8.16. The second-order valence-corrected chi connectivity index (χ2v) is 7.99. The van der Waals surface area contributed by atoms with E-state index in [-0.39, 0.29) is 11.5 Å². The zero-order valence-electron chi connectivity index (χ0n) is 14.0. The molecule has 1 fully saturated rings. The van der Waals surface area contributed by atoms with Crippen molar-refractivity contribution in [3.05, 3.63) is 29.8 Å². The normalized spacial score (nSPS) is 19.7. The molecule has 0 spiro atoms. The average molecular weight is 339 g/mol. The van der Waals surface area contributed by atoms with Crippen molar-refractivity contribution in [2.24, 2.45) is 0 Å². The summed E-state index contributed by atoms with van der Waals surface area (Å²) in [6, 6.07) is 6.21. The molecule has 23 heavy (non-hydrogen) atoms. The topological polar surface area (TPSA) is 63.7 Å². The lowest BCUT2D eigenvalue weighted by Crippen LogP contribution is -2.48. The number of ether oxygens (including phenoxy) is 1. The Morgan fingerprint density at radius 1 is 1.26 bits per heavy atom. The van der Waals surface area contributed by atoms with Gasteiger partial charge in [-0.25, -0.2) is 8.42 Å². The molecule has 1 aromatic rings. The summed E-state index contributed by atoms with van der Waals surface area (Å²) in [6.45, 7) is 6.46. The Kier molecular flexibility index (Phi) is 5.81. The van der Waals surface area contributed by atoms with Crippen molar-refractivity contribution < 1.29 is 17.9 Å². The molecule has 1 unspecified atom stereocenters. The summed E-state index contributed by atoms with van der Waals surface area (Å²) in [5.41, 5.74) is 1.09. The van der Waals surface area contributed by atoms with Crippen LogP contribution >= 0.6 is 0 Å². The first-order chi connectivity index (χ1) is 10.9. The zero-order chi connectivity index (χ0) is 17.0. The van der Waals surface area contributed by atoms with E-state index in [1.165, 1.54) is 4.31 Å². The van der Waals surface area contributed by atoms with Gasteiger partial charge in [-0.1, -0.05) is 26.0 Å². The number of nitrogens with zero attached hydrogens (tertiary/aromatic N) is 1. The summed E-state index contributed by atoms with van der Waals surface area (Å²) in [5, 5.41) is 0. The molecule has 1 heterocycles. The van der Waals surface area contributed by atoms with E-state index in [1.54, 1.807) is 19.1 Å². The maximum absolute atomic E-state index is 12.9. The van der Waals surface area contributed by atoms with Crippen LogP contribution in [0.2, 0.25) is 0 Å². The zero-order valence-corrected chi connectivity index (χ0v) is 14.8. The molecule has 1 aliphatic heterocycles. The van der Waals surface area contributed by atoms with Crippen LogP contribution in [0.1, 0.15) is 51.5 Å². The fourth-order valence-corrected chi connectivity index (χ4v) is 4.47. The minimum atomic E-state index is -3.68. The molecule has 1 saturated heterocycles. The lowest BCUT2D eigenvalue weighted by molar-refractivity contribution is -0.148. The minimum Gasteiger partial charge on any atom is -0.465 e. The highest BCUT2D eigenvalue weighted by Gasteiger charge is 2.38. The van der Waals surface area contributed by atoms with E-state index in [1.807, 2.05) is 12.1 Å². The molecule has 0 N–H and O–H groups in total. The highest BCUT2D eigenvalue weighted by Crippen LogP contribution is 2.27. The molecule has 6 heteroatoms. The maximum atomic E-state index is 12.9. The van der Waals surface area contributed by atoms with Crippen LogP contribution in [0.25, 0.3) is 0 Å². The van der Waals surface area contributed by atoms with Gasteiger partial charge in [-0.3, -0.25) is 4.79 Å². The molecule has 0 amide bonds.